The number of aromatic amines is 1. The molecule has 0 amide bonds. The normalized spacial score (nSPS) is 18.7. The SMILES string of the molecule is CCC1(CCO)CC(=O)c2c([nH]c(-c3ccncc3)c2Nc2ccccc2)C1. The summed E-state index contributed by atoms with van der Waals surface area (Å²) in [5.41, 5.74) is 5.18. The number of rotatable bonds is 6. The highest BCUT2D eigenvalue weighted by atomic mass is 16.3. The molecule has 1 aliphatic carbocycles. The van der Waals surface area contributed by atoms with Crippen LogP contribution in [0.2, 0.25) is 0 Å². The van der Waals surface area contributed by atoms with Crippen LogP contribution in [0.15, 0.2) is 54.9 Å². The molecule has 4 rings (SSSR count). The van der Waals surface area contributed by atoms with Crippen molar-refractivity contribution in [1.29, 1.82) is 0 Å². The van der Waals surface area contributed by atoms with E-state index in [1.54, 1.807) is 12.4 Å². The Labute approximate surface area is 164 Å². The summed E-state index contributed by atoms with van der Waals surface area (Å²) in [7, 11) is 0. The minimum Gasteiger partial charge on any atom is -0.396 e. The number of aliphatic hydroxyl groups is 1. The Balaban J connectivity index is 1.84. The van der Waals surface area contributed by atoms with Crippen molar-refractivity contribution in [2.75, 3.05) is 11.9 Å². The van der Waals surface area contributed by atoms with Crippen molar-refractivity contribution in [3.05, 3.63) is 66.1 Å². The molecule has 0 fully saturated rings. The van der Waals surface area contributed by atoms with E-state index in [-0.39, 0.29) is 17.8 Å². The standard InChI is InChI=1S/C23H25N3O2/c1-2-23(10-13-27)14-18-20(19(28)15-23)22(25-17-6-4-3-5-7-17)21(26-18)16-8-11-24-12-9-16/h3-9,11-12,25-27H,2,10,13-15H2,1H3. The smallest absolute Gasteiger partial charge is 0.167 e. The minimum absolute atomic E-state index is 0.101. The van der Waals surface area contributed by atoms with E-state index in [0.717, 1.165) is 46.7 Å². The molecule has 5 nitrogen and oxygen atoms in total. The maximum atomic E-state index is 13.2. The highest BCUT2D eigenvalue weighted by molar-refractivity contribution is 6.07. The van der Waals surface area contributed by atoms with E-state index in [0.29, 0.717) is 12.8 Å². The topological polar surface area (TPSA) is 78.0 Å². The molecule has 3 aromatic rings. The number of para-hydroxylation sites is 1. The first-order chi connectivity index (χ1) is 13.7. The average Bonchev–Trinajstić information content (AvgIpc) is 3.08. The molecule has 1 aromatic carbocycles. The van der Waals surface area contributed by atoms with Crippen LogP contribution in [-0.4, -0.2) is 27.5 Å². The summed E-state index contributed by atoms with van der Waals surface area (Å²) in [5.74, 6) is 0.131. The van der Waals surface area contributed by atoms with Gasteiger partial charge in [-0.15, -0.1) is 0 Å². The summed E-state index contributed by atoms with van der Waals surface area (Å²) < 4.78 is 0. The molecule has 3 N–H and O–H groups in total. The molecule has 1 unspecified atom stereocenters. The van der Waals surface area contributed by atoms with Crippen LogP contribution >= 0.6 is 0 Å². The molecule has 0 bridgehead atoms. The van der Waals surface area contributed by atoms with Gasteiger partial charge in [-0.2, -0.15) is 0 Å². The maximum Gasteiger partial charge on any atom is 0.167 e. The van der Waals surface area contributed by atoms with Crippen LogP contribution in [0.25, 0.3) is 11.3 Å². The molecule has 0 saturated heterocycles. The molecular formula is C23H25N3O2. The van der Waals surface area contributed by atoms with Gasteiger partial charge in [0.2, 0.25) is 0 Å². The fraction of sp³-hybridized carbons (Fsp3) is 0.304. The van der Waals surface area contributed by atoms with Crippen molar-refractivity contribution in [3.8, 4) is 11.3 Å². The Morgan fingerprint density at radius 2 is 1.89 bits per heavy atom. The number of hydrogen-bond donors (Lipinski definition) is 3. The second-order valence-corrected chi connectivity index (χ2v) is 7.56. The van der Waals surface area contributed by atoms with Gasteiger partial charge in [0, 0.05) is 42.4 Å². The third-order valence-electron chi connectivity index (χ3n) is 5.85. The molecule has 1 aliphatic rings. The predicted molar refractivity (Wildman–Crippen MR) is 111 cm³/mol. The number of aliphatic hydroxyl groups excluding tert-OH is 1. The number of aromatic nitrogens is 2. The number of Topliss-reactive ketones (excluding diaryl/α,β-unsaturated/α-hetero) is 1. The third kappa shape index (κ3) is 3.34. The monoisotopic (exact) mass is 375 g/mol. The molecule has 1 atom stereocenters. The van der Waals surface area contributed by atoms with Gasteiger partial charge in [0.15, 0.2) is 5.78 Å². The molecule has 5 heteroatoms. The van der Waals surface area contributed by atoms with E-state index in [4.69, 9.17) is 0 Å². The van der Waals surface area contributed by atoms with Gasteiger partial charge in [-0.3, -0.25) is 9.78 Å². The second kappa shape index (κ2) is 7.60. The summed E-state index contributed by atoms with van der Waals surface area (Å²) >= 11 is 0. The van der Waals surface area contributed by atoms with Crippen LogP contribution in [0.5, 0.6) is 0 Å². The summed E-state index contributed by atoms with van der Waals surface area (Å²) in [6.07, 6.45) is 6.24. The molecule has 28 heavy (non-hydrogen) atoms. The zero-order valence-corrected chi connectivity index (χ0v) is 16.0. The van der Waals surface area contributed by atoms with Crippen molar-refractivity contribution in [2.45, 2.75) is 32.6 Å². The van der Waals surface area contributed by atoms with Gasteiger partial charge in [0.05, 0.1) is 16.9 Å². The lowest BCUT2D eigenvalue weighted by molar-refractivity contribution is 0.0831. The van der Waals surface area contributed by atoms with Crippen LogP contribution in [-0.2, 0) is 6.42 Å². The van der Waals surface area contributed by atoms with Crippen LogP contribution in [0.4, 0.5) is 11.4 Å². The average molecular weight is 375 g/mol. The second-order valence-electron chi connectivity index (χ2n) is 7.56. The van der Waals surface area contributed by atoms with Crippen LogP contribution in [0.1, 0.15) is 42.2 Å². The fourth-order valence-corrected chi connectivity index (χ4v) is 4.23. The third-order valence-corrected chi connectivity index (χ3v) is 5.85. The van der Waals surface area contributed by atoms with Crippen molar-refractivity contribution >= 4 is 17.2 Å². The number of nitrogens with zero attached hydrogens (tertiary/aromatic N) is 1. The molecule has 2 heterocycles. The number of carbonyl (C=O) groups is 1. The lowest BCUT2D eigenvalue weighted by Crippen LogP contribution is -2.33. The zero-order valence-electron chi connectivity index (χ0n) is 16.0. The van der Waals surface area contributed by atoms with E-state index < -0.39 is 0 Å². The fourth-order valence-electron chi connectivity index (χ4n) is 4.23. The Morgan fingerprint density at radius 3 is 2.57 bits per heavy atom. The Hall–Kier alpha value is -2.92. The predicted octanol–water partition coefficient (Wildman–Crippen LogP) is 4.73. The molecule has 2 aromatic heterocycles. The van der Waals surface area contributed by atoms with Gasteiger partial charge in [-0.25, -0.2) is 0 Å². The highest BCUT2D eigenvalue weighted by Crippen LogP contribution is 2.46. The highest BCUT2D eigenvalue weighted by Gasteiger charge is 2.40. The number of carbonyl (C=O) groups excluding carboxylic acids is 1. The zero-order chi connectivity index (χ0) is 19.6. The van der Waals surface area contributed by atoms with Crippen LogP contribution in [0.3, 0.4) is 0 Å². The van der Waals surface area contributed by atoms with E-state index in [1.807, 2.05) is 42.5 Å². The molecule has 144 valence electrons. The number of nitrogens with one attached hydrogen (secondary N) is 2. The van der Waals surface area contributed by atoms with Crippen molar-refractivity contribution in [1.82, 2.24) is 9.97 Å². The first-order valence-corrected chi connectivity index (χ1v) is 9.77. The Morgan fingerprint density at radius 1 is 1.14 bits per heavy atom. The summed E-state index contributed by atoms with van der Waals surface area (Å²) in [4.78, 5) is 20.9. The number of H-pyrrole nitrogens is 1. The number of anilines is 2. The van der Waals surface area contributed by atoms with Crippen molar-refractivity contribution < 1.29 is 9.90 Å². The van der Waals surface area contributed by atoms with E-state index in [1.165, 1.54) is 0 Å². The van der Waals surface area contributed by atoms with Gasteiger partial charge in [0.1, 0.15) is 0 Å². The summed E-state index contributed by atoms with van der Waals surface area (Å²) in [6, 6.07) is 13.8. The van der Waals surface area contributed by atoms with Gasteiger partial charge in [0.25, 0.3) is 0 Å². The Bertz CT molecular complexity index is 966. The lowest BCUT2D eigenvalue weighted by atomic mass is 9.69. The largest absolute Gasteiger partial charge is 0.396 e. The lowest BCUT2D eigenvalue weighted by Gasteiger charge is -2.35. The Kier molecular flexibility index (Phi) is 5.01. The minimum atomic E-state index is -0.177. The number of benzene rings is 1. The quantitative estimate of drug-likeness (QED) is 0.582. The van der Waals surface area contributed by atoms with Crippen molar-refractivity contribution in [2.24, 2.45) is 5.41 Å². The number of ketones is 1. The van der Waals surface area contributed by atoms with E-state index >= 15 is 0 Å². The summed E-state index contributed by atoms with van der Waals surface area (Å²) in [5, 5.41) is 13.0. The maximum absolute atomic E-state index is 13.2. The van der Waals surface area contributed by atoms with Gasteiger partial charge < -0.3 is 15.4 Å². The molecular weight excluding hydrogens is 350 g/mol. The number of pyridine rings is 1. The molecule has 0 radical (unpaired) electrons. The molecule has 0 aliphatic heterocycles. The molecule has 0 spiro atoms. The van der Waals surface area contributed by atoms with Gasteiger partial charge >= 0.3 is 0 Å². The van der Waals surface area contributed by atoms with Crippen molar-refractivity contribution in [3.63, 3.8) is 0 Å². The summed E-state index contributed by atoms with van der Waals surface area (Å²) in [6.45, 7) is 2.20. The van der Waals surface area contributed by atoms with E-state index in [9.17, 15) is 9.90 Å². The van der Waals surface area contributed by atoms with E-state index in [2.05, 4.69) is 22.2 Å². The molecule has 0 saturated carbocycles. The van der Waals surface area contributed by atoms with Crippen LogP contribution < -0.4 is 5.32 Å². The first-order valence-electron chi connectivity index (χ1n) is 9.77. The number of fused-ring (bicyclic) bond motifs is 1. The van der Waals surface area contributed by atoms with Gasteiger partial charge in [-0.1, -0.05) is 25.1 Å². The first kappa shape index (κ1) is 18.4. The van der Waals surface area contributed by atoms with Gasteiger partial charge in [-0.05, 0) is 48.9 Å². The number of hydrogen-bond acceptors (Lipinski definition) is 4. The van der Waals surface area contributed by atoms with Crippen LogP contribution in [0, 0.1) is 5.41 Å².